The minimum absolute atomic E-state index is 0.225. The van der Waals surface area contributed by atoms with Crippen LogP contribution in [0.2, 0.25) is 0 Å². The van der Waals surface area contributed by atoms with E-state index in [1.54, 1.807) is 6.92 Å². The van der Waals surface area contributed by atoms with Crippen LogP contribution in [0.15, 0.2) is 54.6 Å². The van der Waals surface area contributed by atoms with Gasteiger partial charge in [-0.2, -0.15) is 0 Å². The average Bonchev–Trinajstić information content (AvgIpc) is 3.59. The number of amides is 2. The first-order valence-electron chi connectivity index (χ1n) is 13.5. The van der Waals surface area contributed by atoms with Gasteiger partial charge in [0.2, 0.25) is 11.8 Å². The van der Waals surface area contributed by atoms with Gasteiger partial charge in [0.05, 0.1) is 18.4 Å². The molecule has 2 N–H and O–H groups in total. The van der Waals surface area contributed by atoms with E-state index < -0.39 is 35.3 Å². The highest BCUT2D eigenvalue weighted by Crippen LogP contribution is 2.41. The predicted octanol–water partition coefficient (Wildman–Crippen LogP) is 3.97. The number of carbonyl (C=O) groups excluding carboxylic acids is 3. The Morgan fingerprint density at radius 3 is 2.29 bits per heavy atom. The van der Waals surface area contributed by atoms with Gasteiger partial charge < -0.3 is 20.1 Å². The summed E-state index contributed by atoms with van der Waals surface area (Å²) in [6, 6.07) is 16.2. The third-order valence-electron chi connectivity index (χ3n) is 7.73. The van der Waals surface area contributed by atoms with Crippen LogP contribution in [0.25, 0.3) is 11.1 Å². The van der Waals surface area contributed by atoms with E-state index >= 15 is 0 Å². The molecule has 4 rings (SSSR count). The fourth-order valence-electron chi connectivity index (χ4n) is 5.75. The zero-order valence-electron chi connectivity index (χ0n) is 21.9. The van der Waals surface area contributed by atoms with E-state index in [-0.39, 0.29) is 25.4 Å². The van der Waals surface area contributed by atoms with Crippen molar-refractivity contribution in [3.63, 3.8) is 0 Å². The number of nitrogens with one attached hydrogen (secondary N) is 1. The lowest BCUT2D eigenvalue weighted by molar-refractivity contribution is -0.154. The number of aliphatic carboxylic acids is 1. The van der Waals surface area contributed by atoms with Crippen molar-refractivity contribution in [1.29, 1.82) is 0 Å². The summed E-state index contributed by atoms with van der Waals surface area (Å²) in [4.78, 5) is 53.0. The molecule has 2 fully saturated rings. The van der Waals surface area contributed by atoms with E-state index in [1.165, 1.54) is 4.90 Å². The smallest absolute Gasteiger partial charge is 0.328 e. The first kappa shape index (κ1) is 27.4. The van der Waals surface area contributed by atoms with E-state index in [9.17, 15) is 24.3 Å². The van der Waals surface area contributed by atoms with Crippen molar-refractivity contribution in [1.82, 2.24) is 10.2 Å². The van der Waals surface area contributed by atoms with E-state index in [4.69, 9.17) is 4.74 Å². The maximum Gasteiger partial charge on any atom is 0.328 e. The summed E-state index contributed by atoms with van der Waals surface area (Å²) in [6.07, 6.45) is 3.66. The van der Waals surface area contributed by atoms with Crippen molar-refractivity contribution in [3.8, 4) is 11.1 Å². The second-order valence-electron chi connectivity index (χ2n) is 10.3. The molecule has 8 heteroatoms. The van der Waals surface area contributed by atoms with Crippen LogP contribution < -0.4 is 5.32 Å². The zero-order chi connectivity index (χ0) is 27.1. The number of carbonyl (C=O) groups is 4. The van der Waals surface area contributed by atoms with Gasteiger partial charge in [-0.05, 0) is 49.3 Å². The Morgan fingerprint density at radius 1 is 1.00 bits per heavy atom. The van der Waals surface area contributed by atoms with Crippen molar-refractivity contribution in [2.75, 3.05) is 13.2 Å². The number of esters is 1. The largest absolute Gasteiger partial charge is 0.481 e. The highest BCUT2D eigenvalue weighted by molar-refractivity contribution is 5.94. The molecule has 1 saturated heterocycles. The Labute approximate surface area is 223 Å². The van der Waals surface area contributed by atoms with Crippen LogP contribution >= 0.6 is 0 Å². The molecule has 2 amide bonds. The highest BCUT2D eigenvalue weighted by Gasteiger charge is 2.45. The Balaban J connectivity index is 1.58. The van der Waals surface area contributed by atoms with Crippen LogP contribution in [0.5, 0.6) is 0 Å². The number of nitrogens with zero attached hydrogens (tertiary/aromatic N) is 1. The Kier molecular flexibility index (Phi) is 8.81. The highest BCUT2D eigenvalue weighted by atomic mass is 16.5. The van der Waals surface area contributed by atoms with Crippen LogP contribution in [0, 0.1) is 5.41 Å². The van der Waals surface area contributed by atoms with E-state index in [0.717, 1.165) is 29.5 Å². The molecule has 2 aromatic carbocycles. The Hall–Kier alpha value is -3.68. The second kappa shape index (κ2) is 12.2. The van der Waals surface area contributed by atoms with Crippen LogP contribution in [0.3, 0.4) is 0 Å². The van der Waals surface area contributed by atoms with Gasteiger partial charge in [-0.3, -0.25) is 14.4 Å². The quantitative estimate of drug-likeness (QED) is 0.459. The maximum atomic E-state index is 13.8. The molecule has 1 heterocycles. The van der Waals surface area contributed by atoms with Crippen molar-refractivity contribution in [3.05, 3.63) is 60.2 Å². The summed E-state index contributed by atoms with van der Waals surface area (Å²) < 4.78 is 5.20. The van der Waals surface area contributed by atoms with E-state index in [0.29, 0.717) is 32.2 Å². The molecule has 1 aliphatic heterocycles. The Bertz CT molecular complexity index is 1140. The van der Waals surface area contributed by atoms with Gasteiger partial charge in [-0.15, -0.1) is 0 Å². The normalized spacial score (nSPS) is 19.1. The van der Waals surface area contributed by atoms with E-state index in [2.05, 4.69) is 5.32 Å². The summed E-state index contributed by atoms with van der Waals surface area (Å²) in [5, 5.41) is 12.4. The first-order valence-corrected chi connectivity index (χ1v) is 13.5. The van der Waals surface area contributed by atoms with Gasteiger partial charge in [0, 0.05) is 13.0 Å². The van der Waals surface area contributed by atoms with Crippen molar-refractivity contribution in [2.45, 2.75) is 70.4 Å². The average molecular weight is 521 g/mol. The molecule has 8 nitrogen and oxygen atoms in total. The SMILES string of the molecule is CCOC(=O)[C@@H]1CCCN1C(=O)[C@H](Cc1ccc(-c2ccccc2)cc1)NC(=O)C1(CC(=O)O)CCCC1. The number of hydrogen-bond donors (Lipinski definition) is 2. The number of rotatable bonds is 10. The molecule has 1 aliphatic carbocycles. The van der Waals surface area contributed by atoms with Gasteiger partial charge in [-0.1, -0.05) is 67.4 Å². The summed E-state index contributed by atoms with van der Waals surface area (Å²) in [7, 11) is 0. The van der Waals surface area contributed by atoms with Crippen LogP contribution in [-0.2, 0) is 30.3 Å². The fourth-order valence-corrected chi connectivity index (χ4v) is 5.75. The van der Waals surface area contributed by atoms with Crippen LogP contribution in [0.1, 0.15) is 57.4 Å². The molecule has 0 spiro atoms. The lowest BCUT2D eigenvalue weighted by atomic mass is 9.81. The third kappa shape index (κ3) is 6.23. The van der Waals surface area contributed by atoms with Gasteiger partial charge in [0.25, 0.3) is 0 Å². The molecule has 1 saturated carbocycles. The summed E-state index contributed by atoms with van der Waals surface area (Å²) in [6.45, 7) is 2.36. The monoisotopic (exact) mass is 520 g/mol. The molecule has 38 heavy (non-hydrogen) atoms. The first-order chi connectivity index (χ1) is 18.3. The number of carboxylic acid groups (broad SMARTS) is 1. The summed E-state index contributed by atoms with van der Waals surface area (Å²) in [5.74, 6) is -2.20. The van der Waals surface area contributed by atoms with E-state index in [1.807, 2.05) is 54.6 Å². The molecule has 0 radical (unpaired) electrons. The number of benzene rings is 2. The minimum Gasteiger partial charge on any atom is -0.481 e. The standard InChI is InChI=1S/C30H36N2O6/c1-2-38-28(36)25-11-8-18-32(25)27(35)24(31-29(37)30(20-26(33)34)16-6-7-17-30)19-21-12-14-23(15-13-21)22-9-4-3-5-10-22/h3-5,9-10,12-15,24-25H,2,6-8,11,16-20H2,1H3,(H,31,37)(H,33,34)/t24-,25-/m0/s1. The van der Waals surface area contributed by atoms with Crippen LogP contribution in [0.4, 0.5) is 0 Å². The maximum absolute atomic E-state index is 13.8. The number of likely N-dealkylation sites (tertiary alicyclic amines) is 1. The molecule has 202 valence electrons. The summed E-state index contributed by atoms with van der Waals surface area (Å²) >= 11 is 0. The number of carboxylic acids is 1. The molecule has 0 unspecified atom stereocenters. The van der Waals surface area contributed by atoms with Crippen molar-refractivity contribution < 1.29 is 29.0 Å². The molecule has 2 atom stereocenters. The van der Waals surface area contributed by atoms with Crippen LogP contribution in [-0.4, -0.2) is 59.0 Å². The molecule has 2 aliphatic rings. The minimum atomic E-state index is -1.02. The molecule has 2 aromatic rings. The van der Waals surface area contributed by atoms with Gasteiger partial charge in [-0.25, -0.2) is 4.79 Å². The second-order valence-corrected chi connectivity index (χ2v) is 10.3. The predicted molar refractivity (Wildman–Crippen MR) is 142 cm³/mol. The number of hydrogen-bond acceptors (Lipinski definition) is 5. The molecular weight excluding hydrogens is 484 g/mol. The lowest BCUT2D eigenvalue weighted by Crippen LogP contribution is -2.55. The Morgan fingerprint density at radius 2 is 1.66 bits per heavy atom. The molecule has 0 bridgehead atoms. The lowest BCUT2D eigenvalue weighted by Gasteiger charge is -2.32. The molecule has 0 aromatic heterocycles. The van der Waals surface area contributed by atoms with Crippen molar-refractivity contribution >= 4 is 23.8 Å². The van der Waals surface area contributed by atoms with Crippen molar-refractivity contribution in [2.24, 2.45) is 5.41 Å². The van der Waals surface area contributed by atoms with Gasteiger partial charge >= 0.3 is 11.9 Å². The zero-order valence-corrected chi connectivity index (χ0v) is 21.9. The molecular formula is C30H36N2O6. The fraction of sp³-hybridized carbons (Fsp3) is 0.467. The third-order valence-corrected chi connectivity index (χ3v) is 7.73. The van der Waals surface area contributed by atoms with Gasteiger partial charge in [0.1, 0.15) is 12.1 Å². The number of ether oxygens (including phenoxy) is 1. The van der Waals surface area contributed by atoms with Gasteiger partial charge in [0.15, 0.2) is 0 Å². The topological polar surface area (TPSA) is 113 Å². The summed E-state index contributed by atoms with van der Waals surface area (Å²) in [5.41, 5.74) is 1.95.